The molecule has 9 heavy (non-hydrogen) atoms. The summed E-state index contributed by atoms with van der Waals surface area (Å²) in [6.45, 7) is 0.0312. The summed E-state index contributed by atoms with van der Waals surface area (Å²) >= 11 is 5.15. The molecule has 0 bridgehead atoms. The first kappa shape index (κ1) is 6.64. The average molecular weight is 153 g/mol. The molecular formula is C4H5ClO4. The molecule has 4 nitrogen and oxygen atoms in total. The van der Waals surface area contributed by atoms with Gasteiger partial charge in [0.05, 0.1) is 0 Å². The molecule has 5 heteroatoms. The van der Waals surface area contributed by atoms with Crippen molar-refractivity contribution < 1.29 is 19.4 Å². The van der Waals surface area contributed by atoms with Gasteiger partial charge in [-0.25, -0.2) is 4.79 Å². The summed E-state index contributed by atoms with van der Waals surface area (Å²) in [6, 6.07) is 0. The van der Waals surface area contributed by atoms with E-state index in [1.165, 1.54) is 0 Å². The van der Waals surface area contributed by atoms with Gasteiger partial charge in [-0.2, -0.15) is 0 Å². The third-order valence-corrected chi connectivity index (χ3v) is 1.20. The zero-order valence-corrected chi connectivity index (χ0v) is 5.17. The fourth-order valence-electron chi connectivity index (χ4n) is 0.477. The normalized spacial score (nSPS) is 29.1. The van der Waals surface area contributed by atoms with Crippen LogP contribution in [0.4, 0.5) is 4.79 Å². The molecule has 0 amide bonds. The van der Waals surface area contributed by atoms with Crippen molar-refractivity contribution in [3.05, 3.63) is 0 Å². The lowest BCUT2D eigenvalue weighted by Crippen LogP contribution is -2.22. The Labute approximate surface area is 56.3 Å². The maximum atomic E-state index is 10.1. The van der Waals surface area contributed by atoms with Crippen LogP contribution >= 0.6 is 11.6 Å². The number of halogens is 1. The first-order valence-electron chi connectivity index (χ1n) is 2.35. The van der Waals surface area contributed by atoms with Crippen LogP contribution < -0.4 is 0 Å². The lowest BCUT2D eigenvalue weighted by Gasteiger charge is -2.04. The van der Waals surface area contributed by atoms with Gasteiger partial charge >= 0.3 is 6.16 Å². The van der Waals surface area contributed by atoms with Gasteiger partial charge in [0, 0.05) is 0 Å². The van der Waals surface area contributed by atoms with Crippen molar-refractivity contribution in [3.8, 4) is 0 Å². The van der Waals surface area contributed by atoms with Crippen LogP contribution in [-0.2, 0) is 9.47 Å². The molecule has 0 saturated carbocycles. The number of rotatable bonds is 1. The first-order chi connectivity index (χ1) is 4.20. The molecule has 1 heterocycles. The van der Waals surface area contributed by atoms with Gasteiger partial charge < -0.3 is 14.6 Å². The molecule has 0 aromatic carbocycles. The van der Waals surface area contributed by atoms with Gasteiger partial charge in [0.1, 0.15) is 6.61 Å². The highest BCUT2D eigenvalue weighted by Crippen LogP contribution is 2.11. The molecule has 0 spiro atoms. The molecule has 1 saturated heterocycles. The molecule has 1 N–H and O–H groups in total. The molecule has 2 unspecified atom stereocenters. The number of hydrogen-bond acceptors (Lipinski definition) is 4. The van der Waals surface area contributed by atoms with Crippen molar-refractivity contribution in [2.75, 3.05) is 6.61 Å². The summed E-state index contributed by atoms with van der Waals surface area (Å²) < 4.78 is 8.70. The van der Waals surface area contributed by atoms with Gasteiger partial charge in [0.25, 0.3) is 0 Å². The topological polar surface area (TPSA) is 55.8 Å². The number of hydrogen-bond donors (Lipinski definition) is 1. The molecule has 2 atom stereocenters. The zero-order chi connectivity index (χ0) is 6.85. The molecule has 1 fully saturated rings. The third kappa shape index (κ3) is 1.46. The highest BCUT2D eigenvalue weighted by molar-refractivity contribution is 6.20. The van der Waals surface area contributed by atoms with E-state index in [0.29, 0.717) is 0 Å². The minimum absolute atomic E-state index is 0.0312. The van der Waals surface area contributed by atoms with Crippen molar-refractivity contribution in [2.24, 2.45) is 0 Å². The summed E-state index contributed by atoms with van der Waals surface area (Å²) in [5, 5.41) is 8.58. The van der Waals surface area contributed by atoms with Crippen LogP contribution in [0.1, 0.15) is 0 Å². The minimum atomic E-state index is -1.17. The van der Waals surface area contributed by atoms with Gasteiger partial charge in [0.2, 0.25) is 0 Å². The quantitative estimate of drug-likeness (QED) is 0.427. The Kier molecular flexibility index (Phi) is 1.78. The van der Waals surface area contributed by atoms with Crippen LogP contribution in [0.2, 0.25) is 0 Å². The van der Waals surface area contributed by atoms with E-state index in [9.17, 15) is 4.79 Å². The van der Waals surface area contributed by atoms with Gasteiger partial charge in [-0.05, 0) is 0 Å². The second kappa shape index (κ2) is 2.41. The summed E-state index contributed by atoms with van der Waals surface area (Å²) in [7, 11) is 0. The van der Waals surface area contributed by atoms with Crippen molar-refractivity contribution in [2.45, 2.75) is 11.7 Å². The Morgan fingerprint density at radius 1 is 1.89 bits per heavy atom. The zero-order valence-electron chi connectivity index (χ0n) is 4.41. The molecule has 1 aliphatic heterocycles. The average Bonchev–Trinajstić information content (AvgIpc) is 2.14. The van der Waals surface area contributed by atoms with Crippen LogP contribution in [-0.4, -0.2) is 29.5 Å². The number of aliphatic hydroxyl groups is 1. The molecule has 1 aliphatic rings. The maximum Gasteiger partial charge on any atom is 0.508 e. The summed E-state index contributed by atoms with van der Waals surface area (Å²) in [4.78, 5) is 10.1. The van der Waals surface area contributed by atoms with Crippen LogP contribution in [0.3, 0.4) is 0 Å². The molecule has 0 aliphatic carbocycles. The highest BCUT2D eigenvalue weighted by Gasteiger charge is 2.29. The Morgan fingerprint density at radius 2 is 2.56 bits per heavy atom. The predicted octanol–water partition coefficient (Wildman–Crippen LogP) is 0.0790. The van der Waals surface area contributed by atoms with Gasteiger partial charge in [0.15, 0.2) is 11.7 Å². The molecular weight excluding hydrogens is 147 g/mol. The second-order valence-corrected chi connectivity index (χ2v) is 2.04. The minimum Gasteiger partial charge on any atom is -0.430 e. The monoisotopic (exact) mass is 152 g/mol. The lowest BCUT2D eigenvalue weighted by molar-refractivity contribution is 0.0747. The number of cyclic esters (lactones) is 2. The van der Waals surface area contributed by atoms with Crippen molar-refractivity contribution >= 4 is 17.8 Å². The van der Waals surface area contributed by atoms with E-state index < -0.39 is 17.8 Å². The number of aliphatic hydroxyl groups excluding tert-OH is 1. The van der Waals surface area contributed by atoms with Crippen LogP contribution in [0.25, 0.3) is 0 Å². The molecule has 0 aromatic heterocycles. The smallest absolute Gasteiger partial charge is 0.430 e. The van der Waals surface area contributed by atoms with Crippen LogP contribution in [0, 0.1) is 0 Å². The van der Waals surface area contributed by atoms with Crippen molar-refractivity contribution in [3.63, 3.8) is 0 Å². The summed E-state index contributed by atoms with van der Waals surface area (Å²) in [6.07, 6.45) is -1.49. The number of alkyl halides is 1. The fourth-order valence-corrected chi connectivity index (χ4v) is 0.602. The van der Waals surface area contributed by atoms with E-state index in [0.717, 1.165) is 0 Å². The Bertz CT molecular complexity index is 124. The fraction of sp³-hybridized carbons (Fsp3) is 0.750. The largest absolute Gasteiger partial charge is 0.508 e. The molecule has 0 aromatic rings. The second-order valence-electron chi connectivity index (χ2n) is 1.59. The summed E-state index contributed by atoms with van der Waals surface area (Å²) in [5.74, 6) is 0. The van der Waals surface area contributed by atoms with E-state index >= 15 is 0 Å². The Morgan fingerprint density at radius 3 is 2.78 bits per heavy atom. The Hall–Kier alpha value is -0.480. The van der Waals surface area contributed by atoms with E-state index in [1.54, 1.807) is 0 Å². The van der Waals surface area contributed by atoms with Gasteiger partial charge in [-0.1, -0.05) is 11.6 Å². The standard InChI is InChI=1S/C4H5ClO4/c5-3(6)2-1-8-4(7)9-2/h2-3,6H,1H2. The molecule has 1 rings (SSSR count). The summed E-state index contributed by atoms with van der Waals surface area (Å²) in [5.41, 5.74) is -1.17. The van der Waals surface area contributed by atoms with Gasteiger partial charge in [-0.15, -0.1) is 0 Å². The SMILES string of the molecule is O=C1OCC(C(O)Cl)O1. The lowest BCUT2D eigenvalue weighted by atomic mass is 10.4. The van der Waals surface area contributed by atoms with E-state index in [-0.39, 0.29) is 6.61 Å². The highest BCUT2D eigenvalue weighted by atomic mass is 35.5. The van der Waals surface area contributed by atoms with Crippen LogP contribution in [0.5, 0.6) is 0 Å². The third-order valence-electron chi connectivity index (χ3n) is 0.920. The maximum absolute atomic E-state index is 10.1. The van der Waals surface area contributed by atoms with E-state index in [1.807, 2.05) is 0 Å². The predicted molar refractivity (Wildman–Crippen MR) is 28.1 cm³/mol. The van der Waals surface area contributed by atoms with Crippen molar-refractivity contribution in [1.29, 1.82) is 0 Å². The number of carbonyl (C=O) groups excluding carboxylic acids is 1. The molecule has 52 valence electrons. The number of carbonyl (C=O) groups is 1. The van der Waals surface area contributed by atoms with E-state index in [4.69, 9.17) is 16.7 Å². The Balaban J connectivity index is 2.39. The number of ether oxygens (including phenoxy) is 2. The van der Waals surface area contributed by atoms with E-state index in [2.05, 4.69) is 9.47 Å². The first-order valence-corrected chi connectivity index (χ1v) is 2.79. The molecule has 0 radical (unpaired) electrons. The van der Waals surface area contributed by atoms with Crippen molar-refractivity contribution in [1.82, 2.24) is 0 Å². The van der Waals surface area contributed by atoms with Crippen LogP contribution in [0.15, 0.2) is 0 Å². The van der Waals surface area contributed by atoms with Gasteiger partial charge in [-0.3, -0.25) is 0 Å².